The average Bonchev–Trinajstić information content (AvgIpc) is 3.27. The van der Waals surface area contributed by atoms with E-state index in [0.717, 1.165) is 19.3 Å². The number of amides is 1. The summed E-state index contributed by atoms with van der Waals surface area (Å²) in [7, 11) is 1.47. The number of hydrogen-bond acceptors (Lipinski definition) is 8. The fraction of sp³-hybridized carbons (Fsp3) is 0.318. The standard InChI is InChI=1S/C22H23F2N7O3/c1-25-19(32)17-3-2-8-31(20(17)33)15-6-7-18(26-10-15)29-13-4-5-14(9-13)30-22-27-11-16(12-28-22)34-21(23)24/h2-3,6-8,10-14,21H,4-5,9H2,1H3,(H,25,32)(H,26,29)(H,27,28,30)/t13-,14-/m0/s1. The lowest BCUT2D eigenvalue weighted by Crippen LogP contribution is -2.30. The van der Waals surface area contributed by atoms with Gasteiger partial charge in [0.05, 0.1) is 24.3 Å². The number of aromatic nitrogens is 4. The van der Waals surface area contributed by atoms with Crippen LogP contribution in [0.15, 0.2) is 53.8 Å². The van der Waals surface area contributed by atoms with Crippen LogP contribution in [0.5, 0.6) is 5.75 Å². The summed E-state index contributed by atoms with van der Waals surface area (Å²) >= 11 is 0. The first-order chi connectivity index (χ1) is 16.4. The molecule has 0 radical (unpaired) electrons. The second kappa shape index (κ2) is 10.2. The van der Waals surface area contributed by atoms with Gasteiger partial charge in [0.25, 0.3) is 11.5 Å². The number of anilines is 2. The lowest BCUT2D eigenvalue weighted by atomic mass is 10.2. The molecule has 3 heterocycles. The molecule has 0 spiro atoms. The minimum atomic E-state index is -2.92. The molecule has 0 aliphatic heterocycles. The van der Waals surface area contributed by atoms with Gasteiger partial charge in [-0.3, -0.25) is 14.2 Å². The SMILES string of the molecule is CNC(=O)c1cccn(-c2ccc(N[C@H]3CC[C@H](Nc4ncc(OC(F)F)cn4)C3)nc2)c1=O. The topological polar surface area (TPSA) is 123 Å². The molecule has 1 amide bonds. The van der Waals surface area contributed by atoms with Gasteiger partial charge in [-0.15, -0.1) is 0 Å². The monoisotopic (exact) mass is 471 g/mol. The number of nitrogens with one attached hydrogen (secondary N) is 3. The van der Waals surface area contributed by atoms with Crippen LogP contribution in [0.4, 0.5) is 20.5 Å². The largest absolute Gasteiger partial charge is 0.432 e. The van der Waals surface area contributed by atoms with E-state index in [1.807, 2.05) is 0 Å². The van der Waals surface area contributed by atoms with Crippen molar-refractivity contribution in [3.63, 3.8) is 0 Å². The Morgan fingerprint density at radius 3 is 2.47 bits per heavy atom. The number of ether oxygens (including phenoxy) is 1. The first-order valence-electron chi connectivity index (χ1n) is 10.6. The zero-order chi connectivity index (χ0) is 24.1. The fourth-order valence-electron chi connectivity index (χ4n) is 3.81. The molecule has 34 heavy (non-hydrogen) atoms. The maximum Gasteiger partial charge on any atom is 0.387 e. The van der Waals surface area contributed by atoms with E-state index in [-0.39, 0.29) is 23.4 Å². The van der Waals surface area contributed by atoms with Gasteiger partial charge < -0.3 is 20.7 Å². The van der Waals surface area contributed by atoms with Gasteiger partial charge in [0.1, 0.15) is 11.4 Å². The van der Waals surface area contributed by atoms with Crippen LogP contribution in [-0.2, 0) is 0 Å². The molecule has 4 rings (SSSR count). The highest BCUT2D eigenvalue weighted by Gasteiger charge is 2.25. The highest BCUT2D eigenvalue weighted by molar-refractivity contribution is 5.93. The van der Waals surface area contributed by atoms with Gasteiger partial charge >= 0.3 is 6.61 Å². The summed E-state index contributed by atoms with van der Waals surface area (Å²) in [4.78, 5) is 36.9. The van der Waals surface area contributed by atoms with Crippen molar-refractivity contribution in [3.05, 3.63) is 65.0 Å². The van der Waals surface area contributed by atoms with Crippen LogP contribution in [0, 0.1) is 0 Å². The van der Waals surface area contributed by atoms with Crippen LogP contribution in [-0.4, -0.2) is 51.2 Å². The molecule has 0 saturated heterocycles. The molecule has 178 valence electrons. The molecule has 0 aromatic carbocycles. The van der Waals surface area contributed by atoms with E-state index in [1.54, 1.807) is 30.6 Å². The van der Waals surface area contributed by atoms with Crippen LogP contribution in [0.25, 0.3) is 5.69 Å². The minimum Gasteiger partial charge on any atom is -0.432 e. The predicted octanol–water partition coefficient (Wildman–Crippen LogP) is 2.43. The van der Waals surface area contributed by atoms with Gasteiger partial charge in [-0.1, -0.05) is 0 Å². The zero-order valence-electron chi connectivity index (χ0n) is 18.2. The van der Waals surface area contributed by atoms with Gasteiger partial charge in [0, 0.05) is 25.3 Å². The summed E-state index contributed by atoms with van der Waals surface area (Å²) in [5.41, 5.74) is 0.172. The van der Waals surface area contributed by atoms with E-state index in [2.05, 4.69) is 35.6 Å². The third-order valence-electron chi connectivity index (χ3n) is 5.42. The third kappa shape index (κ3) is 5.45. The van der Waals surface area contributed by atoms with Crippen LogP contribution < -0.4 is 26.2 Å². The number of pyridine rings is 2. The van der Waals surface area contributed by atoms with E-state index >= 15 is 0 Å². The van der Waals surface area contributed by atoms with Crippen molar-refractivity contribution in [1.29, 1.82) is 0 Å². The summed E-state index contributed by atoms with van der Waals surface area (Å²) in [5, 5.41) is 9.02. The molecular formula is C22H23F2N7O3. The molecule has 2 atom stereocenters. The van der Waals surface area contributed by atoms with E-state index in [4.69, 9.17) is 0 Å². The summed E-state index contributed by atoms with van der Waals surface area (Å²) < 4.78 is 30.1. The van der Waals surface area contributed by atoms with Gasteiger partial charge in [-0.05, 0) is 43.5 Å². The molecular weight excluding hydrogens is 448 g/mol. The molecule has 12 heteroatoms. The smallest absolute Gasteiger partial charge is 0.387 e. The molecule has 1 fully saturated rings. The Morgan fingerprint density at radius 2 is 1.82 bits per heavy atom. The summed E-state index contributed by atoms with van der Waals surface area (Å²) in [6, 6.07) is 6.92. The van der Waals surface area contributed by atoms with E-state index < -0.39 is 18.1 Å². The summed E-state index contributed by atoms with van der Waals surface area (Å²) in [6.07, 6.45) is 8.10. The Morgan fingerprint density at radius 1 is 1.09 bits per heavy atom. The molecule has 3 N–H and O–H groups in total. The van der Waals surface area contributed by atoms with Crippen molar-refractivity contribution >= 4 is 17.7 Å². The lowest BCUT2D eigenvalue weighted by molar-refractivity contribution is -0.0503. The fourth-order valence-corrected chi connectivity index (χ4v) is 3.81. The summed E-state index contributed by atoms with van der Waals surface area (Å²) in [6.45, 7) is -2.92. The Labute approximate surface area is 193 Å². The summed E-state index contributed by atoms with van der Waals surface area (Å²) in [5.74, 6) is 0.468. The van der Waals surface area contributed by atoms with Gasteiger partial charge in [0.2, 0.25) is 5.95 Å². The first-order valence-corrected chi connectivity index (χ1v) is 10.6. The van der Waals surface area contributed by atoms with Gasteiger partial charge in [-0.25, -0.2) is 15.0 Å². The van der Waals surface area contributed by atoms with Crippen LogP contribution in [0.2, 0.25) is 0 Å². The molecule has 3 aromatic rings. The number of nitrogens with zero attached hydrogens (tertiary/aromatic N) is 4. The number of rotatable bonds is 8. The van der Waals surface area contributed by atoms with Gasteiger partial charge in [0.15, 0.2) is 5.75 Å². The third-order valence-corrected chi connectivity index (χ3v) is 5.42. The van der Waals surface area contributed by atoms with Crippen molar-refractivity contribution in [2.75, 3.05) is 17.7 Å². The van der Waals surface area contributed by atoms with Crippen LogP contribution in [0.1, 0.15) is 29.6 Å². The maximum atomic E-state index is 12.6. The molecule has 1 aliphatic rings. The van der Waals surface area contributed by atoms with E-state index in [9.17, 15) is 18.4 Å². The van der Waals surface area contributed by atoms with Crippen molar-refractivity contribution < 1.29 is 18.3 Å². The predicted molar refractivity (Wildman–Crippen MR) is 121 cm³/mol. The number of carbonyl (C=O) groups excluding carboxylic acids is 1. The maximum absolute atomic E-state index is 12.6. The van der Waals surface area contributed by atoms with Crippen molar-refractivity contribution in [3.8, 4) is 11.4 Å². The minimum absolute atomic E-state index is 0.0527. The van der Waals surface area contributed by atoms with Crippen LogP contribution >= 0.6 is 0 Å². The van der Waals surface area contributed by atoms with Crippen molar-refractivity contribution in [2.24, 2.45) is 0 Å². The Balaban J connectivity index is 1.34. The van der Waals surface area contributed by atoms with E-state index in [1.165, 1.54) is 30.1 Å². The average molecular weight is 471 g/mol. The first kappa shape index (κ1) is 23.1. The Kier molecular flexibility index (Phi) is 6.95. The molecule has 1 saturated carbocycles. The number of carbonyl (C=O) groups is 1. The van der Waals surface area contributed by atoms with Gasteiger partial charge in [-0.2, -0.15) is 8.78 Å². The molecule has 1 aliphatic carbocycles. The number of halogens is 2. The normalized spacial score (nSPS) is 17.4. The second-order valence-electron chi connectivity index (χ2n) is 7.69. The quantitative estimate of drug-likeness (QED) is 0.458. The van der Waals surface area contributed by atoms with E-state index in [0.29, 0.717) is 17.5 Å². The van der Waals surface area contributed by atoms with Crippen molar-refractivity contribution in [1.82, 2.24) is 24.8 Å². The van der Waals surface area contributed by atoms with Crippen LogP contribution in [0.3, 0.4) is 0 Å². The van der Waals surface area contributed by atoms with Crippen molar-refractivity contribution in [2.45, 2.75) is 38.0 Å². The molecule has 3 aromatic heterocycles. The lowest BCUT2D eigenvalue weighted by Gasteiger charge is -2.15. The highest BCUT2D eigenvalue weighted by Crippen LogP contribution is 2.25. The second-order valence-corrected chi connectivity index (χ2v) is 7.69. The molecule has 0 bridgehead atoms. The zero-order valence-corrected chi connectivity index (χ0v) is 18.2. The number of hydrogen-bond donors (Lipinski definition) is 3. The number of alkyl halides is 2. The molecule has 10 nitrogen and oxygen atoms in total. The highest BCUT2D eigenvalue weighted by atomic mass is 19.3. The Hall–Kier alpha value is -4.09. The Bertz CT molecular complexity index is 1190. The molecule has 0 unspecified atom stereocenters.